The minimum absolute atomic E-state index is 0.342. The maximum Gasteiger partial charge on any atom is 0.320 e. The first-order chi connectivity index (χ1) is 12.6. The zero-order valence-electron chi connectivity index (χ0n) is 14.4. The summed E-state index contributed by atoms with van der Waals surface area (Å²) in [6, 6.07) is 12.1. The van der Waals surface area contributed by atoms with Crippen molar-refractivity contribution in [2.45, 2.75) is 6.04 Å². The van der Waals surface area contributed by atoms with Crippen LogP contribution < -0.4 is 15.4 Å². The minimum atomic E-state index is -0.537. The van der Waals surface area contributed by atoms with Crippen LogP contribution in [0.1, 0.15) is 17.4 Å². The number of amides is 2. The maximum atomic E-state index is 13.3. The first-order valence-electron chi connectivity index (χ1n) is 8.01. The summed E-state index contributed by atoms with van der Waals surface area (Å²) in [6.07, 6.45) is 3.43. The van der Waals surface area contributed by atoms with Crippen molar-refractivity contribution < 1.29 is 13.9 Å². The monoisotopic (exact) mass is 354 g/mol. The number of anilines is 1. The fourth-order valence-electron chi connectivity index (χ4n) is 2.64. The summed E-state index contributed by atoms with van der Waals surface area (Å²) in [5.74, 6) is 0.843. The van der Waals surface area contributed by atoms with Gasteiger partial charge in [-0.25, -0.2) is 14.2 Å². The lowest BCUT2D eigenvalue weighted by molar-refractivity contribution is 0.249. The standard InChI is InChI=1S/C19H19FN4O2/c1-24-12-11-21-18(24)17(13-7-9-14(20)10-8-13)23-19(25)22-15-5-3-4-6-16(15)26-2/h3-12,17H,1-2H3,(H2,22,23,25)/t17-/m0/s1. The summed E-state index contributed by atoms with van der Waals surface area (Å²) in [5, 5.41) is 5.65. The molecule has 0 saturated carbocycles. The molecule has 0 radical (unpaired) electrons. The van der Waals surface area contributed by atoms with Crippen molar-refractivity contribution in [3.05, 3.63) is 78.1 Å². The molecule has 26 heavy (non-hydrogen) atoms. The number of methoxy groups -OCH3 is 1. The minimum Gasteiger partial charge on any atom is -0.495 e. The molecule has 0 fully saturated rings. The van der Waals surface area contributed by atoms with Gasteiger partial charge in [-0.15, -0.1) is 0 Å². The Bertz CT molecular complexity index is 893. The third kappa shape index (κ3) is 3.83. The Balaban J connectivity index is 1.85. The smallest absolute Gasteiger partial charge is 0.320 e. The lowest BCUT2D eigenvalue weighted by Crippen LogP contribution is -2.34. The quantitative estimate of drug-likeness (QED) is 0.737. The summed E-state index contributed by atoms with van der Waals surface area (Å²) in [6.45, 7) is 0. The molecule has 0 unspecified atom stereocenters. The van der Waals surface area contributed by atoms with Crippen molar-refractivity contribution >= 4 is 11.7 Å². The molecule has 0 saturated heterocycles. The van der Waals surface area contributed by atoms with E-state index in [0.29, 0.717) is 17.3 Å². The zero-order valence-corrected chi connectivity index (χ0v) is 14.4. The topological polar surface area (TPSA) is 68.2 Å². The van der Waals surface area contributed by atoms with Crippen molar-refractivity contribution in [2.75, 3.05) is 12.4 Å². The van der Waals surface area contributed by atoms with Gasteiger partial charge in [-0.3, -0.25) is 0 Å². The molecule has 0 aliphatic rings. The Labute approximate surface area is 150 Å². The lowest BCUT2D eigenvalue weighted by atomic mass is 10.1. The van der Waals surface area contributed by atoms with Crippen molar-refractivity contribution in [2.24, 2.45) is 7.05 Å². The summed E-state index contributed by atoms with van der Waals surface area (Å²) in [4.78, 5) is 16.9. The fraction of sp³-hybridized carbons (Fsp3) is 0.158. The van der Waals surface area contributed by atoms with Gasteiger partial charge in [-0.1, -0.05) is 24.3 Å². The number of hydrogen-bond acceptors (Lipinski definition) is 3. The lowest BCUT2D eigenvalue weighted by Gasteiger charge is -2.20. The molecule has 2 amide bonds. The first-order valence-corrected chi connectivity index (χ1v) is 8.01. The number of rotatable bonds is 5. The van der Waals surface area contributed by atoms with Crippen LogP contribution in [0, 0.1) is 5.82 Å². The van der Waals surface area contributed by atoms with E-state index in [4.69, 9.17) is 4.74 Å². The van der Waals surface area contributed by atoms with E-state index in [1.807, 2.05) is 13.1 Å². The van der Waals surface area contributed by atoms with Crippen LogP contribution in [0.4, 0.5) is 14.9 Å². The van der Waals surface area contributed by atoms with Gasteiger partial charge in [0, 0.05) is 19.4 Å². The SMILES string of the molecule is COc1ccccc1NC(=O)N[C@@H](c1ccc(F)cc1)c1nccn1C. The van der Waals surface area contributed by atoms with Gasteiger partial charge in [-0.2, -0.15) is 0 Å². The number of benzene rings is 2. The number of carbonyl (C=O) groups excluding carboxylic acids is 1. The van der Waals surface area contributed by atoms with Gasteiger partial charge in [-0.05, 0) is 29.8 Å². The molecule has 0 aliphatic heterocycles. The van der Waals surface area contributed by atoms with E-state index in [0.717, 1.165) is 5.56 Å². The number of para-hydroxylation sites is 2. The second-order valence-corrected chi connectivity index (χ2v) is 5.68. The number of halogens is 1. The maximum absolute atomic E-state index is 13.3. The molecule has 1 heterocycles. The first kappa shape index (κ1) is 17.5. The van der Waals surface area contributed by atoms with Crippen LogP contribution >= 0.6 is 0 Å². The highest BCUT2D eigenvalue weighted by molar-refractivity contribution is 5.91. The molecular weight excluding hydrogens is 335 g/mol. The Morgan fingerprint density at radius 1 is 1.19 bits per heavy atom. The number of carbonyl (C=O) groups is 1. The van der Waals surface area contributed by atoms with Crippen molar-refractivity contribution in [3.63, 3.8) is 0 Å². The predicted molar refractivity (Wildman–Crippen MR) is 96.6 cm³/mol. The normalized spacial score (nSPS) is 11.7. The van der Waals surface area contributed by atoms with Gasteiger partial charge in [0.25, 0.3) is 0 Å². The van der Waals surface area contributed by atoms with Crippen LogP contribution in [0.5, 0.6) is 5.75 Å². The number of nitrogens with zero attached hydrogens (tertiary/aromatic N) is 2. The predicted octanol–water partition coefficient (Wildman–Crippen LogP) is 3.48. The second kappa shape index (κ2) is 7.69. The number of nitrogens with one attached hydrogen (secondary N) is 2. The highest BCUT2D eigenvalue weighted by Crippen LogP contribution is 2.24. The highest BCUT2D eigenvalue weighted by atomic mass is 19.1. The van der Waals surface area contributed by atoms with E-state index >= 15 is 0 Å². The van der Waals surface area contributed by atoms with Gasteiger partial charge in [0.15, 0.2) is 0 Å². The van der Waals surface area contributed by atoms with E-state index in [1.54, 1.807) is 47.3 Å². The largest absolute Gasteiger partial charge is 0.495 e. The Morgan fingerprint density at radius 2 is 1.92 bits per heavy atom. The van der Waals surface area contributed by atoms with Gasteiger partial charge in [0.2, 0.25) is 0 Å². The number of ether oxygens (including phenoxy) is 1. The van der Waals surface area contributed by atoms with Gasteiger partial charge < -0.3 is 19.9 Å². The number of aromatic nitrogens is 2. The average Bonchev–Trinajstić information content (AvgIpc) is 3.07. The molecule has 7 heteroatoms. The molecule has 2 aromatic carbocycles. The third-order valence-corrected chi connectivity index (χ3v) is 3.95. The number of urea groups is 1. The molecule has 3 rings (SSSR count). The van der Waals surface area contributed by atoms with Crippen LogP contribution in [-0.4, -0.2) is 22.7 Å². The molecule has 0 aliphatic carbocycles. The Hall–Kier alpha value is -3.35. The number of hydrogen-bond donors (Lipinski definition) is 2. The van der Waals surface area contributed by atoms with Crippen molar-refractivity contribution in [1.82, 2.24) is 14.9 Å². The Kier molecular flexibility index (Phi) is 5.17. The highest BCUT2D eigenvalue weighted by Gasteiger charge is 2.21. The number of imidazole rings is 1. The Morgan fingerprint density at radius 3 is 2.58 bits per heavy atom. The van der Waals surface area contributed by atoms with Gasteiger partial charge >= 0.3 is 6.03 Å². The van der Waals surface area contributed by atoms with Gasteiger partial charge in [0.1, 0.15) is 23.4 Å². The van der Waals surface area contributed by atoms with Crippen molar-refractivity contribution in [1.29, 1.82) is 0 Å². The molecule has 1 aromatic heterocycles. The molecule has 134 valence electrons. The number of aryl methyl sites for hydroxylation is 1. The summed E-state index contributed by atoms with van der Waals surface area (Å²) < 4.78 is 20.3. The van der Waals surface area contributed by atoms with Crippen LogP contribution in [0.15, 0.2) is 60.9 Å². The molecule has 6 nitrogen and oxygen atoms in total. The molecule has 2 N–H and O–H groups in total. The summed E-state index contributed by atoms with van der Waals surface area (Å²) in [7, 11) is 3.37. The van der Waals surface area contributed by atoms with E-state index < -0.39 is 12.1 Å². The average molecular weight is 354 g/mol. The summed E-state index contributed by atoms with van der Waals surface area (Å²) in [5.41, 5.74) is 1.26. The molecule has 0 spiro atoms. The molecule has 3 aromatic rings. The van der Waals surface area contributed by atoms with Crippen LogP contribution in [0.2, 0.25) is 0 Å². The summed E-state index contributed by atoms with van der Waals surface area (Å²) >= 11 is 0. The van der Waals surface area contributed by atoms with Crippen LogP contribution in [-0.2, 0) is 7.05 Å². The van der Waals surface area contributed by atoms with E-state index in [9.17, 15) is 9.18 Å². The van der Waals surface area contributed by atoms with E-state index in [2.05, 4.69) is 15.6 Å². The molecule has 1 atom stereocenters. The molecule has 0 bridgehead atoms. The zero-order chi connectivity index (χ0) is 18.5. The van der Waals surface area contributed by atoms with E-state index in [-0.39, 0.29) is 5.82 Å². The third-order valence-electron chi connectivity index (χ3n) is 3.95. The fourth-order valence-corrected chi connectivity index (χ4v) is 2.64. The molecular formula is C19H19FN4O2. The van der Waals surface area contributed by atoms with E-state index in [1.165, 1.54) is 19.2 Å². The second-order valence-electron chi connectivity index (χ2n) is 5.68. The van der Waals surface area contributed by atoms with Crippen LogP contribution in [0.3, 0.4) is 0 Å². The van der Waals surface area contributed by atoms with Crippen LogP contribution in [0.25, 0.3) is 0 Å². The van der Waals surface area contributed by atoms with Gasteiger partial charge in [0.05, 0.1) is 12.8 Å². The van der Waals surface area contributed by atoms with Crippen molar-refractivity contribution in [3.8, 4) is 5.75 Å².